The van der Waals surface area contributed by atoms with E-state index in [0.29, 0.717) is 12.1 Å². The van der Waals surface area contributed by atoms with Gasteiger partial charge in [-0.1, -0.05) is 18.2 Å². The minimum atomic E-state index is -3.01. The number of aromatic amines is 1. The lowest BCUT2D eigenvalue weighted by Gasteiger charge is -2.21. The molecular weight excluding hydrogens is 350 g/mol. The Hall–Kier alpha value is -2.67. The fourth-order valence-electron chi connectivity index (χ4n) is 3.39. The third-order valence-electron chi connectivity index (χ3n) is 4.91. The van der Waals surface area contributed by atoms with Gasteiger partial charge in [0.2, 0.25) is 5.91 Å². The number of likely N-dealkylation sites (N-methyl/N-ethyl adjacent to an activating group) is 1. The molecule has 1 aromatic carbocycles. The zero-order chi connectivity index (χ0) is 18.3. The standard InChI is InChI=1S/C19H19N3O3S/c1-22(14-8-9-26(24,25)12-14)19(23)7-6-13-10-16-15-4-2-3-5-17(15)21-18(16)11-20-13/h2-7,10-11,14,21H,8-9,12H2,1H3/b7-6+. The van der Waals surface area contributed by atoms with E-state index in [1.807, 2.05) is 30.3 Å². The zero-order valence-electron chi connectivity index (χ0n) is 14.3. The van der Waals surface area contributed by atoms with Crippen LogP contribution in [-0.4, -0.2) is 53.8 Å². The maximum absolute atomic E-state index is 12.4. The number of hydrogen-bond acceptors (Lipinski definition) is 4. The second-order valence-corrected chi connectivity index (χ2v) is 8.89. The topological polar surface area (TPSA) is 83.1 Å². The fourth-order valence-corrected chi connectivity index (χ4v) is 5.17. The van der Waals surface area contributed by atoms with Crippen LogP contribution < -0.4 is 0 Å². The molecule has 1 fully saturated rings. The van der Waals surface area contributed by atoms with Crippen molar-refractivity contribution in [2.24, 2.45) is 0 Å². The molecule has 1 unspecified atom stereocenters. The number of amides is 1. The Labute approximate surface area is 151 Å². The molecule has 1 saturated heterocycles. The first kappa shape index (κ1) is 16.8. The lowest BCUT2D eigenvalue weighted by Crippen LogP contribution is -2.36. The Balaban J connectivity index is 1.56. The largest absolute Gasteiger partial charge is 0.353 e. The van der Waals surface area contributed by atoms with Crippen LogP contribution in [0.5, 0.6) is 0 Å². The summed E-state index contributed by atoms with van der Waals surface area (Å²) in [5.41, 5.74) is 2.68. The third kappa shape index (κ3) is 3.10. The number of sulfone groups is 1. The number of rotatable bonds is 3. The molecule has 1 aliphatic heterocycles. The molecule has 6 nitrogen and oxygen atoms in total. The Bertz CT molecular complexity index is 1130. The summed E-state index contributed by atoms with van der Waals surface area (Å²) in [4.78, 5) is 21.5. The van der Waals surface area contributed by atoms with E-state index in [9.17, 15) is 13.2 Å². The van der Waals surface area contributed by atoms with Gasteiger partial charge >= 0.3 is 0 Å². The quantitative estimate of drug-likeness (QED) is 0.719. The molecule has 0 spiro atoms. The van der Waals surface area contributed by atoms with Crippen molar-refractivity contribution in [2.45, 2.75) is 12.5 Å². The minimum absolute atomic E-state index is 0.0443. The van der Waals surface area contributed by atoms with Crippen LogP contribution in [0.1, 0.15) is 12.1 Å². The molecule has 3 heterocycles. The molecule has 1 amide bonds. The molecule has 3 aromatic rings. The van der Waals surface area contributed by atoms with E-state index in [1.165, 1.54) is 11.0 Å². The Morgan fingerprint density at radius 3 is 2.85 bits per heavy atom. The van der Waals surface area contributed by atoms with Gasteiger partial charge in [-0.2, -0.15) is 0 Å². The van der Waals surface area contributed by atoms with Gasteiger partial charge in [0.05, 0.1) is 28.9 Å². The highest BCUT2D eigenvalue weighted by Gasteiger charge is 2.32. The Morgan fingerprint density at radius 1 is 1.27 bits per heavy atom. The van der Waals surface area contributed by atoms with E-state index in [4.69, 9.17) is 0 Å². The SMILES string of the molecule is CN(C(=O)/C=C/c1cc2c(cn1)[nH]c1ccccc12)C1CCS(=O)(=O)C1. The number of benzene rings is 1. The van der Waals surface area contributed by atoms with Crippen molar-refractivity contribution in [1.82, 2.24) is 14.9 Å². The van der Waals surface area contributed by atoms with Gasteiger partial charge in [0.25, 0.3) is 0 Å². The molecule has 1 aliphatic rings. The fraction of sp³-hybridized carbons (Fsp3) is 0.263. The number of carbonyl (C=O) groups is 1. The van der Waals surface area contributed by atoms with E-state index in [2.05, 4.69) is 9.97 Å². The van der Waals surface area contributed by atoms with E-state index >= 15 is 0 Å². The summed E-state index contributed by atoms with van der Waals surface area (Å²) in [6.45, 7) is 0. The molecule has 1 atom stereocenters. The summed E-state index contributed by atoms with van der Waals surface area (Å²) in [5, 5.41) is 2.16. The van der Waals surface area contributed by atoms with Gasteiger partial charge in [0.1, 0.15) is 0 Å². The molecule has 7 heteroatoms. The number of hydrogen-bond donors (Lipinski definition) is 1. The molecule has 4 rings (SSSR count). The number of fused-ring (bicyclic) bond motifs is 3. The van der Waals surface area contributed by atoms with E-state index in [-0.39, 0.29) is 23.5 Å². The van der Waals surface area contributed by atoms with Gasteiger partial charge in [-0.3, -0.25) is 9.78 Å². The van der Waals surface area contributed by atoms with E-state index in [0.717, 1.165) is 21.8 Å². The molecule has 134 valence electrons. The number of nitrogens with zero attached hydrogens (tertiary/aromatic N) is 2. The summed E-state index contributed by atoms with van der Waals surface area (Å²) >= 11 is 0. The number of para-hydroxylation sites is 1. The normalized spacial score (nSPS) is 19.5. The highest BCUT2D eigenvalue weighted by molar-refractivity contribution is 7.91. The molecular formula is C19H19N3O3S. The first-order chi connectivity index (χ1) is 12.4. The predicted octanol–water partition coefficient (Wildman–Crippen LogP) is 2.37. The van der Waals surface area contributed by atoms with Crippen molar-refractivity contribution < 1.29 is 13.2 Å². The lowest BCUT2D eigenvalue weighted by molar-refractivity contribution is -0.126. The third-order valence-corrected chi connectivity index (χ3v) is 6.66. The molecule has 0 aliphatic carbocycles. The van der Waals surface area contributed by atoms with Crippen LogP contribution in [0.4, 0.5) is 0 Å². The van der Waals surface area contributed by atoms with Crippen molar-refractivity contribution in [3.8, 4) is 0 Å². The minimum Gasteiger partial charge on any atom is -0.353 e. The van der Waals surface area contributed by atoms with Gasteiger partial charge in [-0.25, -0.2) is 8.42 Å². The molecule has 2 aromatic heterocycles. The van der Waals surface area contributed by atoms with Crippen LogP contribution in [-0.2, 0) is 14.6 Å². The molecule has 0 radical (unpaired) electrons. The lowest BCUT2D eigenvalue weighted by atomic mass is 10.1. The highest BCUT2D eigenvalue weighted by Crippen LogP contribution is 2.25. The Morgan fingerprint density at radius 2 is 2.08 bits per heavy atom. The summed E-state index contributed by atoms with van der Waals surface area (Å²) < 4.78 is 23.2. The van der Waals surface area contributed by atoms with Crippen LogP contribution in [0.15, 0.2) is 42.6 Å². The molecule has 0 bridgehead atoms. The van der Waals surface area contributed by atoms with Crippen molar-refractivity contribution in [3.63, 3.8) is 0 Å². The first-order valence-electron chi connectivity index (χ1n) is 8.45. The van der Waals surface area contributed by atoms with Crippen LogP contribution in [0.3, 0.4) is 0 Å². The smallest absolute Gasteiger partial charge is 0.246 e. The average molecular weight is 369 g/mol. The van der Waals surface area contributed by atoms with Crippen LogP contribution in [0.25, 0.3) is 27.9 Å². The van der Waals surface area contributed by atoms with Crippen molar-refractivity contribution in [2.75, 3.05) is 18.6 Å². The number of carbonyl (C=O) groups excluding carboxylic acids is 1. The van der Waals surface area contributed by atoms with Gasteiger partial charge in [-0.05, 0) is 24.6 Å². The summed E-state index contributed by atoms with van der Waals surface area (Å²) in [6.07, 6.45) is 5.38. The Kier molecular flexibility index (Phi) is 4.03. The van der Waals surface area contributed by atoms with Crippen molar-refractivity contribution in [3.05, 3.63) is 48.3 Å². The van der Waals surface area contributed by atoms with Gasteiger partial charge in [0.15, 0.2) is 9.84 Å². The zero-order valence-corrected chi connectivity index (χ0v) is 15.2. The number of pyridine rings is 1. The summed E-state index contributed by atoms with van der Waals surface area (Å²) in [5.74, 6) is -0.0200. The maximum atomic E-state index is 12.4. The first-order valence-corrected chi connectivity index (χ1v) is 10.3. The molecule has 26 heavy (non-hydrogen) atoms. The van der Waals surface area contributed by atoms with Gasteiger partial charge in [0, 0.05) is 35.5 Å². The second-order valence-electron chi connectivity index (χ2n) is 6.66. The maximum Gasteiger partial charge on any atom is 0.246 e. The molecule has 0 saturated carbocycles. The van der Waals surface area contributed by atoms with E-state index in [1.54, 1.807) is 19.3 Å². The number of H-pyrrole nitrogens is 1. The van der Waals surface area contributed by atoms with Crippen molar-refractivity contribution >= 4 is 43.6 Å². The van der Waals surface area contributed by atoms with Crippen LogP contribution in [0.2, 0.25) is 0 Å². The second kappa shape index (κ2) is 6.25. The highest BCUT2D eigenvalue weighted by atomic mass is 32.2. The van der Waals surface area contributed by atoms with Crippen molar-refractivity contribution in [1.29, 1.82) is 0 Å². The van der Waals surface area contributed by atoms with E-state index < -0.39 is 9.84 Å². The summed E-state index contributed by atoms with van der Waals surface area (Å²) in [7, 11) is -1.37. The van der Waals surface area contributed by atoms with Crippen LogP contribution in [0, 0.1) is 0 Å². The molecule has 1 N–H and O–H groups in total. The monoisotopic (exact) mass is 369 g/mol. The average Bonchev–Trinajstić information content (AvgIpc) is 3.18. The van der Waals surface area contributed by atoms with Gasteiger partial charge < -0.3 is 9.88 Å². The van der Waals surface area contributed by atoms with Gasteiger partial charge in [-0.15, -0.1) is 0 Å². The van der Waals surface area contributed by atoms with Crippen LogP contribution >= 0.6 is 0 Å². The number of nitrogens with one attached hydrogen (secondary N) is 1. The number of aromatic nitrogens is 2. The summed E-state index contributed by atoms with van der Waals surface area (Å²) in [6, 6.07) is 9.71. The predicted molar refractivity (Wildman–Crippen MR) is 102 cm³/mol.